The van der Waals surface area contributed by atoms with Crippen molar-refractivity contribution in [3.63, 3.8) is 0 Å². The zero-order chi connectivity index (χ0) is 11.6. The van der Waals surface area contributed by atoms with Crippen molar-refractivity contribution in [3.8, 4) is 0 Å². The van der Waals surface area contributed by atoms with E-state index >= 15 is 0 Å². The summed E-state index contributed by atoms with van der Waals surface area (Å²) in [5, 5.41) is 3.14. The predicted octanol–water partition coefficient (Wildman–Crippen LogP) is 2.33. The Morgan fingerprint density at radius 2 is 2.00 bits per heavy atom. The molecule has 1 aliphatic carbocycles. The van der Waals surface area contributed by atoms with Crippen molar-refractivity contribution in [1.82, 2.24) is 5.32 Å². The third kappa shape index (κ3) is 2.03. The molecule has 1 fully saturated rings. The van der Waals surface area contributed by atoms with Crippen LogP contribution in [0.2, 0.25) is 0 Å². The molecular weight excluding hydrogens is 200 g/mol. The van der Waals surface area contributed by atoms with Crippen LogP contribution < -0.4 is 11.1 Å². The summed E-state index contributed by atoms with van der Waals surface area (Å²) in [5.74, 6) is 0.0153. The van der Waals surface area contributed by atoms with Gasteiger partial charge in [-0.3, -0.25) is 4.79 Å². The van der Waals surface area contributed by atoms with Gasteiger partial charge in [-0.25, -0.2) is 0 Å². The first-order valence-electron chi connectivity index (χ1n) is 5.83. The number of hydrogen-bond donors (Lipinski definition) is 2. The van der Waals surface area contributed by atoms with Crippen molar-refractivity contribution < 1.29 is 4.79 Å². The highest BCUT2D eigenvalue weighted by Gasteiger charge is 2.36. The van der Waals surface area contributed by atoms with Crippen LogP contribution in [-0.2, 0) is 0 Å². The molecule has 2 rings (SSSR count). The van der Waals surface area contributed by atoms with Gasteiger partial charge in [-0.05, 0) is 49.9 Å². The first-order valence-corrected chi connectivity index (χ1v) is 5.83. The fraction of sp³-hybridized carbons (Fsp3) is 0.462. The second-order valence-corrected chi connectivity index (χ2v) is 4.56. The SMILES string of the molecule is CCC1(NC(=O)c2ccc(N)cc2)CCC1. The smallest absolute Gasteiger partial charge is 0.251 e. The maximum Gasteiger partial charge on any atom is 0.251 e. The lowest BCUT2D eigenvalue weighted by Crippen LogP contribution is -2.52. The van der Waals surface area contributed by atoms with Crippen LogP contribution in [0.4, 0.5) is 5.69 Å². The molecule has 0 unspecified atom stereocenters. The van der Waals surface area contributed by atoms with Crippen LogP contribution in [0.25, 0.3) is 0 Å². The second kappa shape index (κ2) is 4.16. The largest absolute Gasteiger partial charge is 0.399 e. The highest BCUT2D eigenvalue weighted by Crippen LogP contribution is 2.34. The normalized spacial score (nSPS) is 17.6. The monoisotopic (exact) mass is 218 g/mol. The van der Waals surface area contributed by atoms with E-state index in [1.807, 2.05) is 0 Å². The Labute approximate surface area is 96.0 Å². The van der Waals surface area contributed by atoms with Gasteiger partial charge in [0.2, 0.25) is 0 Å². The van der Waals surface area contributed by atoms with Crippen molar-refractivity contribution >= 4 is 11.6 Å². The Hall–Kier alpha value is -1.51. The summed E-state index contributed by atoms with van der Waals surface area (Å²) >= 11 is 0. The number of hydrogen-bond acceptors (Lipinski definition) is 2. The average Bonchev–Trinajstić information content (AvgIpc) is 2.24. The van der Waals surface area contributed by atoms with Gasteiger partial charge in [0.25, 0.3) is 5.91 Å². The maximum atomic E-state index is 12.0. The van der Waals surface area contributed by atoms with Gasteiger partial charge in [-0.15, -0.1) is 0 Å². The number of benzene rings is 1. The number of nitrogen functional groups attached to an aromatic ring is 1. The van der Waals surface area contributed by atoms with Gasteiger partial charge in [0, 0.05) is 16.8 Å². The van der Waals surface area contributed by atoms with Crippen LogP contribution in [0, 0.1) is 0 Å². The van der Waals surface area contributed by atoms with E-state index in [4.69, 9.17) is 5.73 Å². The Morgan fingerprint density at radius 1 is 1.38 bits per heavy atom. The minimum absolute atomic E-state index is 0.0153. The molecule has 16 heavy (non-hydrogen) atoms. The van der Waals surface area contributed by atoms with E-state index in [0.29, 0.717) is 11.3 Å². The maximum absolute atomic E-state index is 12.0. The molecule has 0 aromatic heterocycles. The van der Waals surface area contributed by atoms with E-state index in [2.05, 4.69) is 12.2 Å². The Kier molecular flexibility index (Phi) is 2.86. The van der Waals surface area contributed by atoms with Gasteiger partial charge in [0.15, 0.2) is 0 Å². The number of amides is 1. The van der Waals surface area contributed by atoms with Crippen LogP contribution in [0.1, 0.15) is 43.0 Å². The summed E-state index contributed by atoms with van der Waals surface area (Å²) in [6.45, 7) is 2.13. The molecule has 0 saturated heterocycles. The van der Waals surface area contributed by atoms with E-state index in [9.17, 15) is 4.79 Å². The summed E-state index contributed by atoms with van der Waals surface area (Å²) in [5.41, 5.74) is 7.01. The topological polar surface area (TPSA) is 55.1 Å². The Bertz CT molecular complexity index is 374. The molecule has 86 valence electrons. The second-order valence-electron chi connectivity index (χ2n) is 4.56. The lowest BCUT2D eigenvalue weighted by molar-refractivity contribution is 0.0820. The number of carbonyl (C=O) groups excluding carboxylic acids is 1. The standard InChI is InChI=1S/C13H18N2O/c1-2-13(8-3-9-13)15-12(16)10-4-6-11(14)7-5-10/h4-7H,2-3,8-9,14H2,1H3,(H,15,16). The number of nitrogens with two attached hydrogens (primary N) is 1. The number of rotatable bonds is 3. The Balaban J connectivity index is 2.05. The van der Waals surface area contributed by atoms with Gasteiger partial charge in [-0.2, -0.15) is 0 Å². The van der Waals surface area contributed by atoms with Crippen LogP contribution in [0.15, 0.2) is 24.3 Å². The van der Waals surface area contributed by atoms with Crippen LogP contribution in [-0.4, -0.2) is 11.4 Å². The van der Waals surface area contributed by atoms with Crippen molar-refractivity contribution in [1.29, 1.82) is 0 Å². The fourth-order valence-corrected chi connectivity index (χ4v) is 2.12. The molecule has 3 heteroatoms. The lowest BCUT2D eigenvalue weighted by atomic mass is 9.74. The average molecular weight is 218 g/mol. The molecule has 0 spiro atoms. The summed E-state index contributed by atoms with van der Waals surface area (Å²) < 4.78 is 0. The van der Waals surface area contributed by atoms with Crippen LogP contribution >= 0.6 is 0 Å². The van der Waals surface area contributed by atoms with Crippen molar-refractivity contribution in [2.45, 2.75) is 38.1 Å². The van der Waals surface area contributed by atoms with Gasteiger partial charge in [0.1, 0.15) is 0 Å². The molecule has 1 saturated carbocycles. The van der Waals surface area contributed by atoms with Gasteiger partial charge >= 0.3 is 0 Å². The summed E-state index contributed by atoms with van der Waals surface area (Å²) in [6.07, 6.45) is 4.43. The summed E-state index contributed by atoms with van der Waals surface area (Å²) in [6, 6.07) is 7.06. The van der Waals surface area contributed by atoms with Crippen LogP contribution in [0.5, 0.6) is 0 Å². The fourth-order valence-electron chi connectivity index (χ4n) is 2.12. The molecule has 0 aliphatic heterocycles. The lowest BCUT2D eigenvalue weighted by Gasteiger charge is -2.42. The van der Waals surface area contributed by atoms with E-state index in [-0.39, 0.29) is 11.4 Å². The molecule has 1 aliphatic rings. The van der Waals surface area contributed by atoms with Gasteiger partial charge in [-0.1, -0.05) is 6.92 Å². The molecular formula is C13H18N2O. The molecule has 0 radical (unpaired) electrons. The van der Waals surface area contributed by atoms with Crippen LogP contribution in [0.3, 0.4) is 0 Å². The van der Waals surface area contributed by atoms with Crippen molar-refractivity contribution in [3.05, 3.63) is 29.8 Å². The van der Waals surface area contributed by atoms with Crippen molar-refractivity contribution in [2.75, 3.05) is 5.73 Å². The van der Waals surface area contributed by atoms with E-state index in [1.165, 1.54) is 6.42 Å². The molecule has 3 N–H and O–H groups in total. The molecule has 1 aromatic rings. The van der Waals surface area contributed by atoms with E-state index in [1.54, 1.807) is 24.3 Å². The highest BCUT2D eigenvalue weighted by molar-refractivity contribution is 5.95. The third-order valence-corrected chi connectivity index (χ3v) is 3.54. The molecule has 3 nitrogen and oxygen atoms in total. The molecule has 1 amide bonds. The highest BCUT2D eigenvalue weighted by atomic mass is 16.1. The minimum atomic E-state index is 0.0153. The molecule has 0 bridgehead atoms. The summed E-state index contributed by atoms with van der Waals surface area (Å²) in [7, 11) is 0. The number of anilines is 1. The summed E-state index contributed by atoms with van der Waals surface area (Å²) in [4.78, 5) is 12.0. The Morgan fingerprint density at radius 3 is 2.44 bits per heavy atom. The van der Waals surface area contributed by atoms with E-state index in [0.717, 1.165) is 19.3 Å². The quantitative estimate of drug-likeness (QED) is 0.765. The first-order chi connectivity index (χ1) is 7.65. The number of nitrogens with one attached hydrogen (secondary N) is 1. The van der Waals surface area contributed by atoms with Gasteiger partial charge < -0.3 is 11.1 Å². The molecule has 0 atom stereocenters. The first kappa shape index (κ1) is 11.0. The van der Waals surface area contributed by atoms with Crippen molar-refractivity contribution in [2.24, 2.45) is 0 Å². The zero-order valence-corrected chi connectivity index (χ0v) is 9.62. The molecule has 1 aromatic carbocycles. The molecule has 0 heterocycles. The third-order valence-electron chi connectivity index (χ3n) is 3.54. The predicted molar refractivity (Wildman–Crippen MR) is 65.2 cm³/mol. The number of carbonyl (C=O) groups is 1. The van der Waals surface area contributed by atoms with E-state index < -0.39 is 0 Å². The zero-order valence-electron chi connectivity index (χ0n) is 9.62. The minimum Gasteiger partial charge on any atom is -0.399 e. The van der Waals surface area contributed by atoms with Gasteiger partial charge in [0.05, 0.1) is 0 Å².